The molecule has 0 aliphatic heterocycles. The second-order valence-corrected chi connectivity index (χ2v) is 5.72. The van der Waals surface area contributed by atoms with E-state index in [0.717, 1.165) is 12.2 Å². The first-order chi connectivity index (χ1) is 6.86. The lowest BCUT2D eigenvalue weighted by Gasteiger charge is -2.23. The molecule has 0 aromatic rings. The summed E-state index contributed by atoms with van der Waals surface area (Å²) in [5.41, 5.74) is 0. The standard InChI is InChI=1S/C10H23NO2Si/c1-12-10(13-2)14-8-11-9-6-4-3-5-7-9/h9-11H,3-8,14H2,1-2H3. The van der Waals surface area contributed by atoms with Crippen LogP contribution in [0, 0.1) is 0 Å². The van der Waals surface area contributed by atoms with Crippen LogP contribution in [0.25, 0.3) is 0 Å². The fourth-order valence-corrected chi connectivity index (χ4v) is 3.33. The van der Waals surface area contributed by atoms with Crippen molar-refractivity contribution >= 4 is 9.52 Å². The average molecular weight is 217 g/mol. The van der Waals surface area contributed by atoms with Crippen LogP contribution in [0.15, 0.2) is 0 Å². The summed E-state index contributed by atoms with van der Waals surface area (Å²) >= 11 is 0. The molecule has 0 radical (unpaired) electrons. The first kappa shape index (κ1) is 12.2. The van der Waals surface area contributed by atoms with E-state index in [4.69, 9.17) is 9.47 Å². The Morgan fingerprint density at radius 1 is 1.21 bits per heavy atom. The van der Waals surface area contributed by atoms with Crippen LogP contribution in [0.3, 0.4) is 0 Å². The van der Waals surface area contributed by atoms with Gasteiger partial charge in [-0.05, 0) is 19.0 Å². The van der Waals surface area contributed by atoms with E-state index in [1.54, 1.807) is 14.2 Å². The SMILES string of the molecule is COC(OC)[SiH2]CNC1CCCCC1. The molecule has 0 aromatic heterocycles. The molecule has 0 atom stereocenters. The van der Waals surface area contributed by atoms with E-state index in [9.17, 15) is 0 Å². The number of methoxy groups -OCH3 is 2. The summed E-state index contributed by atoms with van der Waals surface area (Å²) in [7, 11) is 3.17. The third kappa shape index (κ3) is 4.55. The Balaban J connectivity index is 2.01. The normalized spacial score (nSPS) is 19.9. The molecule has 0 heterocycles. The van der Waals surface area contributed by atoms with Crippen LogP contribution in [-0.4, -0.2) is 41.9 Å². The van der Waals surface area contributed by atoms with Gasteiger partial charge in [0.15, 0.2) is 0 Å². The van der Waals surface area contributed by atoms with Crippen LogP contribution in [0.2, 0.25) is 0 Å². The molecular weight excluding hydrogens is 194 g/mol. The Kier molecular flexibility index (Phi) is 6.43. The second kappa shape index (κ2) is 7.40. The van der Waals surface area contributed by atoms with Gasteiger partial charge in [0.2, 0.25) is 0 Å². The van der Waals surface area contributed by atoms with E-state index < -0.39 is 0 Å². The van der Waals surface area contributed by atoms with Gasteiger partial charge in [-0.15, -0.1) is 0 Å². The van der Waals surface area contributed by atoms with Gasteiger partial charge in [0.1, 0.15) is 15.4 Å². The van der Waals surface area contributed by atoms with Crippen molar-refractivity contribution in [2.24, 2.45) is 0 Å². The summed E-state index contributed by atoms with van der Waals surface area (Å²) in [6, 6.07) is 0.769. The van der Waals surface area contributed by atoms with Crippen molar-refractivity contribution in [1.82, 2.24) is 5.32 Å². The zero-order valence-corrected chi connectivity index (χ0v) is 10.8. The lowest BCUT2D eigenvalue weighted by molar-refractivity contribution is -0.0442. The Morgan fingerprint density at radius 3 is 2.43 bits per heavy atom. The third-order valence-corrected chi connectivity index (χ3v) is 4.66. The lowest BCUT2D eigenvalue weighted by atomic mass is 9.96. The minimum Gasteiger partial charge on any atom is -0.360 e. The van der Waals surface area contributed by atoms with Crippen molar-refractivity contribution in [3.63, 3.8) is 0 Å². The van der Waals surface area contributed by atoms with Crippen molar-refractivity contribution in [3.8, 4) is 0 Å². The Labute approximate surface area is 89.4 Å². The van der Waals surface area contributed by atoms with Gasteiger partial charge in [-0.3, -0.25) is 0 Å². The van der Waals surface area contributed by atoms with E-state index in [0.29, 0.717) is 0 Å². The molecule has 1 N–H and O–H groups in total. The van der Waals surface area contributed by atoms with Gasteiger partial charge in [-0.2, -0.15) is 0 Å². The average Bonchev–Trinajstić information content (AvgIpc) is 2.26. The fourth-order valence-electron chi connectivity index (χ4n) is 2.04. The molecule has 1 aliphatic carbocycles. The van der Waals surface area contributed by atoms with Gasteiger partial charge in [0, 0.05) is 20.3 Å². The van der Waals surface area contributed by atoms with Crippen molar-refractivity contribution in [3.05, 3.63) is 0 Å². The maximum Gasteiger partial charge on any atom is 0.135 e. The highest BCUT2D eigenvalue weighted by molar-refractivity contribution is 6.36. The Bertz CT molecular complexity index is 136. The molecule has 3 nitrogen and oxygen atoms in total. The number of nitrogens with one attached hydrogen (secondary N) is 1. The third-order valence-electron chi connectivity index (χ3n) is 2.94. The monoisotopic (exact) mass is 217 g/mol. The molecule has 0 unspecified atom stereocenters. The molecule has 0 bridgehead atoms. The molecule has 0 spiro atoms. The van der Waals surface area contributed by atoms with Crippen LogP contribution >= 0.6 is 0 Å². The predicted molar refractivity (Wildman–Crippen MR) is 61.2 cm³/mol. The molecule has 0 saturated heterocycles. The van der Waals surface area contributed by atoms with Gasteiger partial charge in [-0.1, -0.05) is 19.3 Å². The second-order valence-electron chi connectivity index (χ2n) is 3.98. The molecule has 1 saturated carbocycles. The predicted octanol–water partition coefficient (Wildman–Crippen LogP) is 0.611. The number of rotatable bonds is 6. The van der Waals surface area contributed by atoms with E-state index >= 15 is 0 Å². The van der Waals surface area contributed by atoms with E-state index in [2.05, 4.69) is 5.32 Å². The molecule has 84 valence electrons. The van der Waals surface area contributed by atoms with Crippen molar-refractivity contribution in [2.75, 3.05) is 20.4 Å². The van der Waals surface area contributed by atoms with Crippen LogP contribution in [-0.2, 0) is 9.47 Å². The molecule has 1 fully saturated rings. The summed E-state index contributed by atoms with van der Waals surface area (Å²) in [5, 5.41) is 3.62. The zero-order chi connectivity index (χ0) is 10.2. The first-order valence-corrected chi connectivity index (χ1v) is 7.47. The zero-order valence-electron chi connectivity index (χ0n) is 9.42. The maximum absolute atomic E-state index is 5.19. The van der Waals surface area contributed by atoms with Crippen molar-refractivity contribution in [1.29, 1.82) is 0 Å². The molecule has 1 aliphatic rings. The summed E-state index contributed by atoms with van der Waals surface area (Å²) in [5.74, 6) is 0.0890. The van der Waals surface area contributed by atoms with E-state index in [1.807, 2.05) is 0 Å². The molecule has 0 aromatic carbocycles. The minimum atomic E-state index is -0.275. The minimum absolute atomic E-state index is 0.0890. The molecule has 14 heavy (non-hydrogen) atoms. The number of hydrogen-bond acceptors (Lipinski definition) is 3. The molecular formula is C10H23NO2Si. The van der Waals surface area contributed by atoms with Crippen molar-refractivity contribution in [2.45, 2.75) is 44.1 Å². The number of hydrogen-bond donors (Lipinski definition) is 1. The summed E-state index contributed by atoms with van der Waals surface area (Å²) in [6.07, 6.45) is 8.08. The molecule has 1 rings (SSSR count). The Hall–Kier alpha value is 0.0969. The highest BCUT2D eigenvalue weighted by atomic mass is 28.2. The van der Waals surface area contributed by atoms with Gasteiger partial charge in [-0.25, -0.2) is 0 Å². The van der Waals surface area contributed by atoms with Crippen molar-refractivity contribution < 1.29 is 9.47 Å². The highest BCUT2D eigenvalue weighted by Crippen LogP contribution is 2.16. The van der Waals surface area contributed by atoms with E-state index in [1.165, 1.54) is 32.1 Å². The quantitative estimate of drug-likeness (QED) is 0.522. The summed E-state index contributed by atoms with van der Waals surface area (Å²) in [4.78, 5) is 0. The number of ether oxygens (including phenoxy) is 2. The molecule has 0 amide bonds. The summed E-state index contributed by atoms with van der Waals surface area (Å²) in [6.45, 7) is 0. The van der Waals surface area contributed by atoms with Crippen LogP contribution in [0.4, 0.5) is 0 Å². The lowest BCUT2D eigenvalue weighted by Crippen LogP contribution is -2.38. The Morgan fingerprint density at radius 2 is 1.86 bits per heavy atom. The topological polar surface area (TPSA) is 30.5 Å². The van der Waals surface area contributed by atoms with Gasteiger partial charge >= 0.3 is 0 Å². The van der Waals surface area contributed by atoms with Gasteiger partial charge < -0.3 is 14.8 Å². The van der Waals surface area contributed by atoms with Gasteiger partial charge in [0.25, 0.3) is 0 Å². The first-order valence-electron chi connectivity index (χ1n) is 5.65. The van der Waals surface area contributed by atoms with Gasteiger partial charge in [0.05, 0.1) is 0 Å². The summed E-state index contributed by atoms with van der Waals surface area (Å²) < 4.78 is 10.4. The smallest absolute Gasteiger partial charge is 0.135 e. The molecule has 4 heteroatoms. The highest BCUT2D eigenvalue weighted by Gasteiger charge is 2.13. The fraction of sp³-hybridized carbons (Fsp3) is 1.00. The van der Waals surface area contributed by atoms with E-state index in [-0.39, 0.29) is 15.4 Å². The largest absolute Gasteiger partial charge is 0.360 e. The van der Waals surface area contributed by atoms with Crippen LogP contribution in [0.1, 0.15) is 32.1 Å². The maximum atomic E-state index is 5.19. The van der Waals surface area contributed by atoms with Crippen LogP contribution in [0.5, 0.6) is 0 Å². The van der Waals surface area contributed by atoms with Crippen LogP contribution < -0.4 is 5.32 Å².